The fraction of sp³-hybridized carbons (Fsp3) is 0.375. The number of hydrogen-bond donors (Lipinski definition) is 0. The minimum Gasteiger partial charge on any atom is -0.493 e. The molecule has 0 atom stereocenters. The van der Waals surface area contributed by atoms with E-state index in [4.69, 9.17) is 9.15 Å². The van der Waals surface area contributed by atoms with Crippen LogP contribution in [0.25, 0.3) is 11.0 Å². The van der Waals surface area contributed by atoms with E-state index in [0.29, 0.717) is 17.8 Å². The zero-order chi connectivity index (χ0) is 19.5. The average Bonchev–Trinajstić information content (AvgIpc) is 2.71. The Kier molecular flexibility index (Phi) is 5.49. The van der Waals surface area contributed by atoms with Crippen LogP contribution in [0.2, 0.25) is 0 Å². The Labute approximate surface area is 165 Å². The quantitative estimate of drug-likeness (QED) is 0.464. The Bertz CT molecular complexity index is 1040. The van der Waals surface area contributed by atoms with Gasteiger partial charge in [-0.05, 0) is 68.5 Å². The Balaban J connectivity index is 1.27. The van der Waals surface area contributed by atoms with Crippen LogP contribution in [0.5, 0.6) is 5.75 Å². The van der Waals surface area contributed by atoms with Crippen LogP contribution in [-0.4, -0.2) is 24.6 Å². The highest BCUT2D eigenvalue weighted by molar-refractivity contribution is 5.82. The van der Waals surface area contributed by atoms with Gasteiger partial charge in [-0.15, -0.1) is 0 Å². The molecular weight excluding hydrogens is 350 g/mol. The molecule has 2 aromatic carbocycles. The summed E-state index contributed by atoms with van der Waals surface area (Å²) in [5.41, 5.74) is 4.92. The van der Waals surface area contributed by atoms with Gasteiger partial charge in [-0.2, -0.15) is 0 Å². The minimum absolute atomic E-state index is 0.273. The van der Waals surface area contributed by atoms with E-state index in [-0.39, 0.29) is 5.63 Å². The van der Waals surface area contributed by atoms with Crippen molar-refractivity contribution < 1.29 is 9.15 Å². The topological polar surface area (TPSA) is 42.7 Å². The maximum absolute atomic E-state index is 11.9. The normalized spacial score (nSPS) is 14.2. The van der Waals surface area contributed by atoms with E-state index in [1.54, 1.807) is 6.92 Å². The first-order valence-corrected chi connectivity index (χ1v) is 10.1. The second-order valence-corrected chi connectivity index (χ2v) is 7.65. The first-order valence-electron chi connectivity index (χ1n) is 10.1. The van der Waals surface area contributed by atoms with Gasteiger partial charge in [0, 0.05) is 30.1 Å². The van der Waals surface area contributed by atoms with Crippen LogP contribution in [0.1, 0.15) is 35.1 Å². The molecule has 0 amide bonds. The van der Waals surface area contributed by atoms with Crippen molar-refractivity contribution in [1.29, 1.82) is 0 Å². The summed E-state index contributed by atoms with van der Waals surface area (Å²) in [6, 6.07) is 14.5. The highest BCUT2D eigenvalue weighted by atomic mass is 16.5. The van der Waals surface area contributed by atoms with Crippen molar-refractivity contribution in [2.24, 2.45) is 0 Å². The van der Waals surface area contributed by atoms with Crippen LogP contribution in [0.15, 0.2) is 51.7 Å². The molecule has 0 bridgehead atoms. The summed E-state index contributed by atoms with van der Waals surface area (Å²) in [4.78, 5) is 14.4. The number of benzene rings is 2. The van der Waals surface area contributed by atoms with Crippen LogP contribution in [0, 0.1) is 13.8 Å². The molecule has 4 heteroatoms. The van der Waals surface area contributed by atoms with Gasteiger partial charge in [-0.3, -0.25) is 4.90 Å². The number of fused-ring (bicyclic) bond motifs is 2. The molecule has 146 valence electrons. The van der Waals surface area contributed by atoms with E-state index >= 15 is 0 Å². The fourth-order valence-corrected chi connectivity index (χ4v) is 3.89. The van der Waals surface area contributed by atoms with Gasteiger partial charge >= 0.3 is 5.63 Å². The van der Waals surface area contributed by atoms with Gasteiger partial charge in [-0.25, -0.2) is 4.79 Å². The van der Waals surface area contributed by atoms with Crippen molar-refractivity contribution in [2.75, 3.05) is 19.7 Å². The van der Waals surface area contributed by atoms with E-state index in [1.165, 1.54) is 11.1 Å². The van der Waals surface area contributed by atoms with Gasteiger partial charge in [0.15, 0.2) is 0 Å². The summed E-state index contributed by atoms with van der Waals surface area (Å²) >= 11 is 0. The number of hydrogen-bond acceptors (Lipinski definition) is 4. The molecule has 0 saturated heterocycles. The molecule has 0 radical (unpaired) electrons. The Morgan fingerprint density at radius 3 is 2.71 bits per heavy atom. The van der Waals surface area contributed by atoms with E-state index in [2.05, 4.69) is 29.2 Å². The number of aryl methyl sites for hydroxylation is 1. The van der Waals surface area contributed by atoms with Crippen molar-refractivity contribution in [3.05, 3.63) is 75.1 Å². The predicted octanol–water partition coefficient (Wildman–Crippen LogP) is 4.63. The number of ether oxygens (including phenoxy) is 1. The standard InChI is InChI=1S/C24H27NO3/c1-17-18(2)24(26)28-23-15-21(9-10-22(17)23)27-14-6-5-12-25-13-11-19-7-3-4-8-20(19)16-25/h3-4,7-10,15H,5-6,11-14,16H2,1-2H3. The van der Waals surface area contributed by atoms with E-state index in [1.807, 2.05) is 25.1 Å². The van der Waals surface area contributed by atoms with Crippen molar-refractivity contribution in [2.45, 2.75) is 39.7 Å². The molecule has 1 aromatic heterocycles. The molecule has 4 rings (SSSR count). The summed E-state index contributed by atoms with van der Waals surface area (Å²) < 4.78 is 11.3. The van der Waals surface area contributed by atoms with Crippen molar-refractivity contribution in [1.82, 2.24) is 4.90 Å². The zero-order valence-corrected chi connectivity index (χ0v) is 16.7. The van der Waals surface area contributed by atoms with Crippen molar-refractivity contribution in [3.8, 4) is 5.75 Å². The molecule has 1 aliphatic heterocycles. The highest BCUT2D eigenvalue weighted by Gasteiger charge is 2.15. The number of rotatable bonds is 6. The average molecular weight is 377 g/mol. The van der Waals surface area contributed by atoms with Crippen LogP contribution < -0.4 is 10.4 Å². The lowest BCUT2D eigenvalue weighted by atomic mass is 10.00. The Hall–Kier alpha value is -2.59. The molecule has 2 heterocycles. The maximum Gasteiger partial charge on any atom is 0.339 e. The molecule has 0 unspecified atom stereocenters. The lowest BCUT2D eigenvalue weighted by Gasteiger charge is -2.28. The molecule has 28 heavy (non-hydrogen) atoms. The summed E-state index contributed by atoms with van der Waals surface area (Å²) in [7, 11) is 0. The molecular formula is C24H27NO3. The molecule has 0 fully saturated rings. The Morgan fingerprint density at radius 2 is 1.86 bits per heavy atom. The molecule has 1 aliphatic rings. The summed E-state index contributed by atoms with van der Waals surface area (Å²) in [5, 5.41) is 0.967. The lowest BCUT2D eigenvalue weighted by molar-refractivity contribution is 0.235. The largest absolute Gasteiger partial charge is 0.493 e. The maximum atomic E-state index is 11.9. The fourth-order valence-electron chi connectivity index (χ4n) is 3.89. The lowest BCUT2D eigenvalue weighted by Crippen LogP contribution is -2.31. The van der Waals surface area contributed by atoms with Crippen molar-refractivity contribution >= 4 is 11.0 Å². The van der Waals surface area contributed by atoms with Crippen molar-refractivity contribution in [3.63, 3.8) is 0 Å². The van der Waals surface area contributed by atoms with Crippen LogP contribution in [0.3, 0.4) is 0 Å². The molecule has 0 N–H and O–H groups in total. The smallest absolute Gasteiger partial charge is 0.339 e. The molecule has 0 saturated carbocycles. The zero-order valence-electron chi connectivity index (χ0n) is 16.7. The second-order valence-electron chi connectivity index (χ2n) is 7.65. The van der Waals surface area contributed by atoms with Gasteiger partial charge in [0.2, 0.25) is 0 Å². The number of unbranched alkanes of at least 4 members (excludes halogenated alkanes) is 1. The molecule has 0 aliphatic carbocycles. The first-order chi connectivity index (χ1) is 13.6. The summed E-state index contributed by atoms with van der Waals surface area (Å²) in [6.07, 6.45) is 3.27. The molecule has 0 spiro atoms. The van der Waals surface area contributed by atoms with Crippen LogP contribution in [0.4, 0.5) is 0 Å². The third kappa shape index (κ3) is 3.97. The van der Waals surface area contributed by atoms with Gasteiger partial charge in [0.1, 0.15) is 11.3 Å². The van der Waals surface area contributed by atoms with Crippen LogP contribution in [-0.2, 0) is 13.0 Å². The SMILES string of the molecule is Cc1c(C)c2ccc(OCCCCN3CCc4ccccc4C3)cc2oc1=O. The Morgan fingerprint density at radius 1 is 1.04 bits per heavy atom. The third-order valence-corrected chi connectivity index (χ3v) is 5.78. The monoisotopic (exact) mass is 377 g/mol. The predicted molar refractivity (Wildman–Crippen MR) is 112 cm³/mol. The summed E-state index contributed by atoms with van der Waals surface area (Å²) in [5.74, 6) is 0.755. The van der Waals surface area contributed by atoms with Crippen LogP contribution >= 0.6 is 0 Å². The number of nitrogens with zero attached hydrogens (tertiary/aromatic N) is 1. The van der Waals surface area contributed by atoms with Gasteiger partial charge in [0.05, 0.1) is 6.61 Å². The molecule has 4 nitrogen and oxygen atoms in total. The van der Waals surface area contributed by atoms with E-state index in [9.17, 15) is 4.79 Å². The third-order valence-electron chi connectivity index (χ3n) is 5.78. The minimum atomic E-state index is -0.273. The highest BCUT2D eigenvalue weighted by Crippen LogP contribution is 2.24. The van der Waals surface area contributed by atoms with Gasteiger partial charge in [-0.1, -0.05) is 24.3 Å². The second kappa shape index (κ2) is 8.19. The van der Waals surface area contributed by atoms with Gasteiger partial charge in [0.25, 0.3) is 0 Å². The molecule has 3 aromatic rings. The van der Waals surface area contributed by atoms with Gasteiger partial charge < -0.3 is 9.15 Å². The summed E-state index contributed by atoms with van der Waals surface area (Å²) in [6.45, 7) is 7.72. The van der Waals surface area contributed by atoms with E-state index < -0.39 is 0 Å². The van der Waals surface area contributed by atoms with E-state index in [0.717, 1.165) is 55.6 Å². The first kappa shape index (κ1) is 18.8.